The number of aliphatic hydroxyl groups excluding tert-OH is 1. The van der Waals surface area contributed by atoms with Crippen LogP contribution in [0.3, 0.4) is 0 Å². The zero-order valence-corrected chi connectivity index (χ0v) is 11.1. The molecule has 1 aromatic carbocycles. The van der Waals surface area contributed by atoms with E-state index in [1.807, 2.05) is 12.1 Å². The molecule has 0 spiro atoms. The van der Waals surface area contributed by atoms with Gasteiger partial charge in [0.25, 0.3) is 0 Å². The zero-order chi connectivity index (χ0) is 13.4. The van der Waals surface area contributed by atoms with Gasteiger partial charge in [0.15, 0.2) is 0 Å². The number of rotatable bonds is 3. The van der Waals surface area contributed by atoms with Gasteiger partial charge < -0.3 is 15.2 Å². The van der Waals surface area contributed by atoms with Gasteiger partial charge in [-0.15, -0.1) is 0 Å². The van der Waals surface area contributed by atoms with Gasteiger partial charge in [-0.25, -0.2) is 0 Å². The summed E-state index contributed by atoms with van der Waals surface area (Å²) in [6, 6.07) is 3.94. The van der Waals surface area contributed by atoms with Crippen LogP contribution in [0.4, 0.5) is 5.69 Å². The summed E-state index contributed by atoms with van der Waals surface area (Å²) in [5.41, 5.74) is 3.90. The Hall–Kier alpha value is -1.39. The monoisotopic (exact) mass is 261 g/mol. The first-order valence-electron chi connectivity index (χ1n) is 6.94. The standard InChI is InChI=1S/C15H19NO3/c1-2-9-6-11(15(18)12-4-3-5-19-12)7-10-8-13(17)16-14(9)10/h6-7,12,15,18H,2-5,8H2,1H3,(H,16,17). The third-order valence-electron chi connectivity index (χ3n) is 3.98. The Bertz CT molecular complexity index is 506. The molecule has 3 rings (SSSR count). The molecule has 2 unspecified atom stereocenters. The van der Waals surface area contributed by atoms with Crippen molar-refractivity contribution in [3.63, 3.8) is 0 Å². The predicted molar refractivity (Wildman–Crippen MR) is 72.1 cm³/mol. The average molecular weight is 261 g/mol. The van der Waals surface area contributed by atoms with Crippen molar-refractivity contribution in [3.8, 4) is 0 Å². The first kappa shape index (κ1) is 12.6. The lowest BCUT2D eigenvalue weighted by Gasteiger charge is -2.19. The molecule has 0 radical (unpaired) electrons. The second-order valence-corrected chi connectivity index (χ2v) is 5.29. The van der Waals surface area contributed by atoms with Gasteiger partial charge in [0, 0.05) is 12.3 Å². The number of nitrogens with one attached hydrogen (secondary N) is 1. The number of hydrogen-bond donors (Lipinski definition) is 2. The first-order valence-corrected chi connectivity index (χ1v) is 6.94. The van der Waals surface area contributed by atoms with Crippen LogP contribution in [0.15, 0.2) is 12.1 Å². The number of aryl methyl sites for hydroxylation is 1. The molecule has 1 amide bonds. The lowest BCUT2D eigenvalue weighted by atomic mass is 9.95. The molecule has 4 heteroatoms. The third-order valence-corrected chi connectivity index (χ3v) is 3.98. The highest BCUT2D eigenvalue weighted by atomic mass is 16.5. The molecule has 2 N–H and O–H groups in total. The van der Waals surface area contributed by atoms with Crippen molar-refractivity contribution >= 4 is 11.6 Å². The summed E-state index contributed by atoms with van der Waals surface area (Å²) < 4.78 is 5.55. The normalized spacial score (nSPS) is 23.3. The smallest absolute Gasteiger partial charge is 0.228 e. The van der Waals surface area contributed by atoms with E-state index in [0.29, 0.717) is 6.42 Å². The Labute approximate surface area is 112 Å². The molecule has 19 heavy (non-hydrogen) atoms. The third kappa shape index (κ3) is 2.26. The zero-order valence-electron chi connectivity index (χ0n) is 11.1. The number of ether oxygens (including phenoxy) is 1. The molecule has 0 aromatic heterocycles. The summed E-state index contributed by atoms with van der Waals surface area (Å²) in [7, 11) is 0. The summed E-state index contributed by atoms with van der Waals surface area (Å²) in [6.07, 6.45) is 2.47. The van der Waals surface area contributed by atoms with E-state index >= 15 is 0 Å². The minimum Gasteiger partial charge on any atom is -0.386 e. The number of amides is 1. The van der Waals surface area contributed by atoms with E-state index < -0.39 is 6.10 Å². The number of carbonyl (C=O) groups excluding carboxylic acids is 1. The second-order valence-electron chi connectivity index (χ2n) is 5.29. The molecule has 1 aromatic rings. The molecule has 1 fully saturated rings. The van der Waals surface area contributed by atoms with E-state index in [9.17, 15) is 9.90 Å². The van der Waals surface area contributed by atoms with Crippen LogP contribution in [0, 0.1) is 0 Å². The van der Waals surface area contributed by atoms with Gasteiger partial charge >= 0.3 is 0 Å². The van der Waals surface area contributed by atoms with Crippen LogP contribution in [0.2, 0.25) is 0 Å². The topological polar surface area (TPSA) is 58.6 Å². The number of fused-ring (bicyclic) bond motifs is 1. The van der Waals surface area contributed by atoms with E-state index in [1.165, 1.54) is 0 Å². The molecule has 2 atom stereocenters. The molecule has 2 aliphatic rings. The van der Waals surface area contributed by atoms with Crippen molar-refractivity contribution < 1.29 is 14.6 Å². The van der Waals surface area contributed by atoms with Crippen molar-refractivity contribution in [1.82, 2.24) is 0 Å². The van der Waals surface area contributed by atoms with E-state index in [1.54, 1.807) is 0 Å². The van der Waals surface area contributed by atoms with Crippen LogP contribution in [-0.4, -0.2) is 23.7 Å². The van der Waals surface area contributed by atoms with Gasteiger partial charge in [-0.1, -0.05) is 19.1 Å². The van der Waals surface area contributed by atoms with E-state index in [2.05, 4.69) is 12.2 Å². The fraction of sp³-hybridized carbons (Fsp3) is 0.533. The second kappa shape index (κ2) is 4.94. The quantitative estimate of drug-likeness (QED) is 0.874. The largest absolute Gasteiger partial charge is 0.386 e. The van der Waals surface area contributed by atoms with E-state index in [-0.39, 0.29) is 12.0 Å². The van der Waals surface area contributed by atoms with E-state index in [0.717, 1.165) is 48.2 Å². The average Bonchev–Trinajstić information content (AvgIpc) is 3.04. The Balaban J connectivity index is 1.94. The summed E-state index contributed by atoms with van der Waals surface area (Å²) >= 11 is 0. The SMILES string of the molecule is CCc1cc(C(O)C2CCCO2)cc2c1NC(=O)C2. The number of anilines is 1. The molecule has 2 aliphatic heterocycles. The van der Waals surface area contributed by atoms with Crippen LogP contribution < -0.4 is 5.32 Å². The Morgan fingerprint density at radius 2 is 2.37 bits per heavy atom. The van der Waals surface area contributed by atoms with Gasteiger partial charge in [0.2, 0.25) is 5.91 Å². The molecule has 1 saturated heterocycles. The van der Waals surface area contributed by atoms with Crippen LogP contribution >= 0.6 is 0 Å². The molecule has 4 nitrogen and oxygen atoms in total. The van der Waals surface area contributed by atoms with E-state index in [4.69, 9.17) is 4.74 Å². The van der Waals surface area contributed by atoms with Crippen molar-refractivity contribution in [2.75, 3.05) is 11.9 Å². The lowest BCUT2D eigenvalue weighted by Crippen LogP contribution is -2.17. The maximum absolute atomic E-state index is 11.5. The number of aliphatic hydroxyl groups is 1. The van der Waals surface area contributed by atoms with Crippen molar-refractivity contribution in [1.29, 1.82) is 0 Å². The Morgan fingerprint density at radius 3 is 3.05 bits per heavy atom. The molecular weight excluding hydrogens is 242 g/mol. The highest BCUT2D eigenvalue weighted by Gasteiger charge is 2.28. The van der Waals surface area contributed by atoms with Gasteiger partial charge in [0.1, 0.15) is 6.10 Å². The lowest BCUT2D eigenvalue weighted by molar-refractivity contribution is -0.115. The summed E-state index contributed by atoms with van der Waals surface area (Å²) in [4.78, 5) is 11.5. The molecule has 102 valence electrons. The molecule has 0 saturated carbocycles. The molecule has 0 aliphatic carbocycles. The van der Waals surface area contributed by atoms with Crippen molar-refractivity contribution in [3.05, 3.63) is 28.8 Å². The number of benzene rings is 1. The Kier molecular flexibility index (Phi) is 3.29. The predicted octanol–water partition coefficient (Wildman–Crippen LogP) is 1.96. The van der Waals surface area contributed by atoms with Gasteiger partial charge in [-0.3, -0.25) is 4.79 Å². The summed E-state index contributed by atoms with van der Waals surface area (Å²) in [6.45, 7) is 2.79. The van der Waals surface area contributed by atoms with Gasteiger partial charge in [0.05, 0.1) is 12.5 Å². The van der Waals surface area contributed by atoms with Crippen LogP contribution in [0.25, 0.3) is 0 Å². The highest BCUT2D eigenvalue weighted by Crippen LogP contribution is 2.34. The fourth-order valence-corrected chi connectivity index (χ4v) is 2.97. The highest BCUT2D eigenvalue weighted by molar-refractivity contribution is 6.00. The van der Waals surface area contributed by atoms with Crippen LogP contribution in [0.1, 0.15) is 42.6 Å². The Morgan fingerprint density at radius 1 is 1.53 bits per heavy atom. The minimum atomic E-state index is -0.589. The first-order chi connectivity index (χ1) is 9.19. The molecule has 2 heterocycles. The van der Waals surface area contributed by atoms with Gasteiger partial charge in [-0.2, -0.15) is 0 Å². The van der Waals surface area contributed by atoms with Gasteiger partial charge in [-0.05, 0) is 36.0 Å². The molecular formula is C15H19NO3. The maximum Gasteiger partial charge on any atom is 0.228 e. The van der Waals surface area contributed by atoms with Crippen molar-refractivity contribution in [2.45, 2.75) is 44.8 Å². The minimum absolute atomic E-state index is 0.0356. The van der Waals surface area contributed by atoms with Crippen LogP contribution in [-0.2, 0) is 22.4 Å². The number of hydrogen-bond acceptors (Lipinski definition) is 3. The maximum atomic E-state index is 11.5. The number of carbonyl (C=O) groups is 1. The summed E-state index contributed by atoms with van der Waals surface area (Å²) in [5, 5.41) is 13.3. The summed E-state index contributed by atoms with van der Waals surface area (Å²) in [5.74, 6) is 0.0356. The molecule has 0 bridgehead atoms. The van der Waals surface area contributed by atoms with Crippen molar-refractivity contribution in [2.24, 2.45) is 0 Å². The van der Waals surface area contributed by atoms with Crippen LogP contribution in [0.5, 0.6) is 0 Å². The fourth-order valence-electron chi connectivity index (χ4n) is 2.97.